The molecule has 0 radical (unpaired) electrons. The first kappa shape index (κ1) is 19.2. The molecule has 0 fully saturated rings. The first-order valence-electron chi connectivity index (χ1n) is 8.35. The molecule has 2 heteroatoms. The highest BCUT2D eigenvalue weighted by Gasteiger charge is 2.22. The summed E-state index contributed by atoms with van der Waals surface area (Å²) < 4.78 is 11.3. The summed E-state index contributed by atoms with van der Waals surface area (Å²) in [5, 5.41) is 0. The molecule has 0 heterocycles. The molecule has 0 aliphatic heterocycles. The van der Waals surface area contributed by atoms with Gasteiger partial charge in [-0.15, -0.1) is 0 Å². The van der Waals surface area contributed by atoms with Crippen molar-refractivity contribution in [3.05, 3.63) is 34.9 Å². The van der Waals surface area contributed by atoms with E-state index in [-0.39, 0.29) is 16.9 Å². The van der Waals surface area contributed by atoms with Crippen LogP contribution < -0.4 is 0 Å². The van der Waals surface area contributed by atoms with Gasteiger partial charge in [-0.3, -0.25) is 0 Å². The van der Waals surface area contributed by atoms with Crippen LogP contribution in [0.25, 0.3) is 0 Å². The predicted molar refractivity (Wildman–Crippen MR) is 94.6 cm³/mol. The van der Waals surface area contributed by atoms with E-state index in [1.54, 1.807) is 0 Å². The van der Waals surface area contributed by atoms with Crippen LogP contribution >= 0.6 is 0 Å². The van der Waals surface area contributed by atoms with E-state index in [0.717, 1.165) is 0 Å². The molecule has 0 unspecified atom stereocenters. The van der Waals surface area contributed by atoms with Gasteiger partial charge in [0.1, 0.15) is 0 Å². The zero-order valence-electron chi connectivity index (χ0n) is 15.7. The third kappa shape index (κ3) is 6.10. The van der Waals surface area contributed by atoms with Gasteiger partial charge >= 0.3 is 0 Å². The average molecular weight is 306 g/mol. The number of hydrogen-bond acceptors (Lipinski definition) is 2. The monoisotopic (exact) mass is 306 g/mol. The molecule has 0 aromatic heterocycles. The van der Waals surface area contributed by atoms with Gasteiger partial charge in [-0.1, -0.05) is 59.7 Å². The van der Waals surface area contributed by atoms with E-state index in [2.05, 4.69) is 59.7 Å². The Morgan fingerprint density at radius 1 is 0.909 bits per heavy atom. The van der Waals surface area contributed by atoms with Crippen LogP contribution in [0.3, 0.4) is 0 Å². The first-order valence-corrected chi connectivity index (χ1v) is 8.35. The van der Waals surface area contributed by atoms with E-state index < -0.39 is 0 Å². The second kappa shape index (κ2) is 7.61. The third-order valence-electron chi connectivity index (χ3n) is 3.72. The van der Waals surface area contributed by atoms with Crippen LogP contribution in [0.4, 0.5) is 0 Å². The molecule has 0 amide bonds. The van der Waals surface area contributed by atoms with Gasteiger partial charge < -0.3 is 9.47 Å². The van der Waals surface area contributed by atoms with Gasteiger partial charge in [0.05, 0.1) is 25.9 Å². The van der Waals surface area contributed by atoms with Crippen LogP contribution in [0.2, 0.25) is 0 Å². The van der Waals surface area contributed by atoms with Crippen molar-refractivity contribution in [2.75, 3.05) is 13.2 Å². The Kier molecular flexibility index (Phi) is 6.64. The lowest BCUT2D eigenvalue weighted by Crippen LogP contribution is -2.19. The summed E-state index contributed by atoms with van der Waals surface area (Å²) in [5.41, 5.74) is 4.33. The van der Waals surface area contributed by atoms with Gasteiger partial charge in [-0.25, -0.2) is 0 Å². The number of rotatable bonds is 6. The standard InChI is InChI=1S/C20H34O2/c1-15(2)22-12-11-21-14-16-9-10-17(19(3,4)5)13-18(16)20(6,7)8/h9-10,13,15H,11-12,14H2,1-8H3. The molecule has 1 aromatic rings. The zero-order chi connectivity index (χ0) is 17.0. The lowest BCUT2D eigenvalue weighted by atomic mass is 9.78. The van der Waals surface area contributed by atoms with Crippen LogP contribution in [0.1, 0.15) is 72.1 Å². The van der Waals surface area contributed by atoms with E-state index in [1.165, 1.54) is 16.7 Å². The minimum absolute atomic E-state index is 0.119. The summed E-state index contributed by atoms with van der Waals surface area (Å²) in [4.78, 5) is 0. The average Bonchev–Trinajstić information content (AvgIpc) is 2.35. The van der Waals surface area contributed by atoms with Crippen molar-refractivity contribution in [1.29, 1.82) is 0 Å². The van der Waals surface area contributed by atoms with Crippen LogP contribution in [0.5, 0.6) is 0 Å². The lowest BCUT2D eigenvalue weighted by Gasteiger charge is -2.27. The van der Waals surface area contributed by atoms with Crippen molar-refractivity contribution in [2.45, 2.75) is 78.9 Å². The van der Waals surface area contributed by atoms with Gasteiger partial charge in [0.15, 0.2) is 0 Å². The number of hydrogen-bond donors (Lipinski definition) is 0. The molecule has 22 heavy (non-hydrogen) atoms. The molecular weight excluding hydrogens is 272 g/mol. The fourth-order valence-corrected chi connectivity index (χ4v) is 2.39. The Bertz CT molecular complexity index is 462. The molecule has 0 spiro atoms. The van der Waals surface area contributed by atoms with Crippen molar-refractivity contribution in [2.24, 2.45) is 0 Å². The molecule has 0 bridgehead atoms. The first-order chi connectivity index (χ1) is 10.0. The fourth-order valence-electron chi connectivity index (χ4n) is 2.39. The van der Waals surface area contributed by atoms with E-state index >= 15 is 0 Å². The molecular formula is C20H34O2. The van der Waals surface area contributed by atoms with E-state index in [0.29, 0.717) is 19.8 Å². The molecule has 0 saturated heterocycles. The summed E-state index contributed by atoms with van der Waals surface area (Å²) in [6.07, 6.45) is 0.264. The largest absolute Gasteiger partial charge is 0.376 e. The van der Waals surface area contributed by atoms with E-state index in [1.807, 2.05) is 13.8 Å². The van der Waals surface area contributed by atoms with Gasteiger partial charge in [0, 0.05) is 0 Å². The van der Waals surface area contributed by atoms with Crippen LogP contribution in [0.15, 0.2) is 18.2 Å². The molecule has 1 aromatic carbocycles. The Morgan fingerprint density at radius 3 is 2.05 bits per heavy atom. The summed E-state index contributed by atoms with van der Waals surface area (Å²) in [5.74, 6) is 0. The maximum Gasteiger partial charge on any atom is 0.0720 e. The van der Waals surface area contributed by atoms with Crippen molar-refractivity contribution >= 4 is 0 Å². The second-order valence-electron chi connectivity index (χ2n) is 8.34. The van der Waals surface area contributed by atoms with Crippen LogP contribution in [-0.4, -0.2) is 19.3 Å². The predicted octanol–water partition coefficient (Wildman–Crippen LogP) is 5.22. The molecule has 0 aliphatic rings. The van der Waals surface area contributed by atoms with Gasteiger partial charge in [0.25, 0.3) is 0 Å². The van der Waals surface area contributed by atoms with Crippen molar-refractivity contribution < 1.29 is 9.47 Å². The minimum Gasteiger partial charge on any atom is -0.376 e. The number of benzene rings is 1. The van der Waals surface area contributed by atoms with Crippen molar-refractivity contribution in [3.63, 3.8) is 0 Å². The Morgan fingerprint density at radius 2 is 1.55 bits per heavy atom. The Balaban J connectivity index is 2.82. The molecule has 0 atom stereocenters. The fraction of sp³-hybridized carbons (Fsp3) is 0.700. The molecule has 0 N–H and O–H groups in total. The SMILES string of the molecule is CC(C)OCCOCc1ccc(C(C)(C)C)cc1C(C)(C)C. The maximum absolute atomic E-state index is 5.81. The van der Waals surface area contributed by atoms with Gasteiger partial charge in [0.2, 0.25) is 0 Å². The van der Waals surface area contributed by atoms with Crippen LogP contribution in [0, 0.1) is 0 Å². The highest BCUT2D eigenvalue weighted by Crippen LogP contribution is 2.31. The molecule has 126 valence electrons. The molecule has 0 aliphatic carbocycles. The maximum atomic E-state index is 5.81. The van der Waals surface area contributed by atoms with E-state index in [4.69, 9.17) is 9.47 Å². The highest BCUT2D eigenvalue weighted by molar-refractivity contribution is 5.38. The van der Waals surface area contributed by atoms with Crippen molar-refractivity contribution in [1.82, 2.24) is 0 Å². The summed E-state index contributed by atoms with van der Waals surface area (Å²) in [6.45, 7) is 19.6. The Labute approximate surface area is 137 Å². The Hall–Kier alpha value is -0.860. The normalized spacial score (nSPS) is 13.0. The smallest absolute Gasteiger partial charge is 0.0720 e. The second-order valence-corrected chi connectivity index (χ2v) is 8.34. The molecule has 2 nitrogen and oxygen atoms in total. The minimum atomic E-state index is 0.119. The van der Waals surface area contributed by atoms with Crippen molar-refractivity contribution in [3.8, 4) is 0 Å². The summed E-state index contributed by atoms with van der Waals surface area (Å²) in [7, 11) is 0. The third-order valence-corrected chi connectivity index (χ3v) is 3.72. The van der Waals surface area contributed by atoms with Crippen LogP contribution in [-0.2, 0) is 26.9 Å². The lowest BCUT2D eigenvalue weighted by molar-refractivity contribution is 0.0140. The summed E-state index contributed by atoms with van der Waals surface area (Å²) in [6, 6.07) is 6.81. The highest BCUT2D eigenvalue weighted by atomic mass is 16.5. The quantitative estimate of drug-likeness (QED) is 0.671. The molecule has 1 rings (SSSR count). The topological polar surface area (TPSA) is 18.5 Å². The number of ether oxygens (including phenoxy) is 2. The van der Waals surface area contributed by atoms with Gasteiger partial charge in [-0.2, -0.15) is 0 Å². The molecule has 0 saturated carbocycles. The summed E-state index contributed by atoms with van der Waals surface area (Å²) >= 11 is 0. The zero-order valence-corrected chi connectivity index (χ0v) is 15.7. The van der Waals surface area contributed by atoms with Gasteiger partial charge in [-0.05, 0) is 41.4 Å². The van der Waals surface area contributed by atoms with E-state index in [9.17, 15) is 0 Å².